The molecule has 0 amide bonds. The van der Waals surface area contributed by atoms with Gasteiger partial charge < -0.3 is 9.31 Å². The highest BCUT2D eigenvalue weighted by Gasteiger charge is 1.73. The van der Waals surface area contributed by atoms with Gasteiger partial charge in [-0.3, -0.25) is 0 Å². The van der Waals surface area contributed by atoms with Crippen molar-refractivity contribution in [1.29, 1.82) is 0 Å². The lowest BCUT2D eigenvalue weighted by Crippen LogP contribution is -1.98. The zero-order chi connectivity index (χ0) is 4.83. The van der Waals surface area contributed by atoms with Crippen molar-refractivity contribution < 1.29 is 9.31 Å². The van der Waals surface area contributed by atoms with Crippen LogP contribution in [0.25, 0.3) is 0 Å². The van der Waals surface area contributed by atoms with E-state index in [9.17, 15) is 0 Å². The van der Waals surface area contributed by atoms with Crippen LogP contribution in [0.1, 0.15) is 0 Å². The van der Waals surface area contributed by atoms with Crippen LogP contribution in [0, 0.1) is 0 Å². The summed E-state index contributed by atoms with van der Waals surface area (Å²) in [6.07, 6.45) is 0. The van der Waals surface area contributed by atoms with Crippen LogP contribution in [0.15, 0.2) is 0 Å². The van der Waals surface area contributed by atoms with Crippen LogP contribution in [-0.4, -0.2) is 29.3 Å². The van der Waals surface area contributed by atoms with E-state index in [1.165, 1.54) is 0 Å². The summed E-state index contributed by atoms with van der Waals surface area (Å²) in [6.45, 7) is 0.688. The van der Waals surface area contributed by atoms with Crippen molar-refractivity contribution in [3.63, 3.8) is 0 Å². The molecule has 0 bridgehead atoms. The molecule has 0 saturated heterocycles. The summed E-state index contributed by atoms with van der Waals surface area (Å²) >= 11 is 0. The van der Waals surface area contributed by atoms with E-state index in [4.69, 9.17) is 0 Å². The van der Waals surface area contributed by atoms with Gasteiger partial charge in [-0.2, -0.15) is 0 Å². The van der Waals surface area contributed by atoms with E-state index in [1.54, 1.807) is 0 Å². The quantitative estimate of drug-likeness (QED) is 0.327. The van der Waals surface area contributed by atoms with E-state index in [2.05, 4.69) is 25.4 Å². The zero-order valence-electron chi connectivity index (χ0n) is 3.39. The average Bonchev–Trinajstić information content (AvgIpc) is 1.61. The third kappa shape index (κ3) is 4.05. The Morgan fingerprint density at radius 3 is 1.50 bits per heavy atom. The van der Waals surface area contributed by atoms with Crippen molar-refractivity contribution in [1.82, 2.24) is 0 Å². The lowest BCUT2D eigenvalue weighted by Gasteiger charge is -1.92. The summed E-state index contributed by atoms with van der Waals surface area (Å²) < 4.78 is 8.15. The molecule has 0 N–H and O–H groups in total. The highest BCUT2D eigenvalue weighted by molar-refractivity contribution is 5.98. The zero-order valence-corrected chi connectivity index (χ0v) is 3.39. The Bertz CT molecular complexity index is 21.5. The molecule has 0 rings (SSSR count). The third-order valence-corrected chi connectivity index (χ3v) is 0.319. The van der Waals surface area contributed by atoms with Gasteiger partial charge in [0.25, 0.3) is 16.1 Å². The Kier molecular flexibility index (Phi) is 5.09. The van der Waals surface area contributed by atoms with Crippen molar-refractivity contribution in [2.24, 2.45) is 0 Å². The van der Waals surface area contributed by atoms with Gasteiger partial charge in [-0.25, -0.2) is 0 Å². The summed E-state index contributed by atoms with van der Waals surface area (Å²) in [5, 5.41) is 0. The Balaban J connectivity index is 2.34. The molecule has 6 heavy (non-hydrogen) atoms. The van der Waals surface area contributed by atoms with Crippen molar-refractivity contribution in [2.45, 2.75) is 0 Å². The second-order valence-electron chi connectivity index (χ2n) is 0.742. The molecule has 4 heteroatoms. The molecular formula is C2H4B2O2. The maximum absolute atomic E-state index is 4.58. The second-order valence-corrected chi connectivity index (χ2v) is 0.742. The van der Waals surface area contributed by atoms with Gasteiger partial charge in [0.2, 0.25) is 0 Å². The standard InChI is InChI=1S/C2H4B2O2/c3-5-1-2-6-4/h1-2H2. The van der Waals surface area contributed by atoms with E-state index < -0.39 is 0 Å². The molecule has 0 aromatic carbocycles. The monoisotopic (exact) mass is 82.0 g/mol. The van der Waals surface area contributed by atoms with E-state index >= 15 is 0 Å². The lowest BCUT2D eigenvalue weighted by molar-refractivity contribution is 0.242. The molecule has 0 atom stereocenters. The fraction of sp³-hybridized carbons (Fsp3) is 1.00. The van der Waals surface area contributed by atoms with Gasteiger partial charge in [0, 0.05) is 13.2 Å². The van der Waals surface area contributed by atoms with Crippen molar-refractivity contribution in [3.05, 3.63) is 0 Å². The van der Waals surface area contributed by atoms with Crippen LogP contribution in [-0.2, 0) is 9.31 Å². The molecule has 0 spiro atoms. The Labute approximate surface area is 39.7 Å². The highest BCUT2D eigenvalue weighted by atomic mass is 16.5. The second kappa shape index (κ2) is 5.05. The largest absolute Gasteiger partial charge is 0.445 e. The summed E-state index contributed by atoms with van der Waals surface area (Å²) in [4.78, 5) is 0. The molecule has 0 fully saturated rings. The maximum atomic E-state index is 4.58. The van der Waals surface area contributed by atoms with Crippen molar-refractivity contribution >= 4 is 16.1 Å². The van der Waals surface area contributed by atoms with Gasteiger partial charge >= 0.3 is 0 Å². The van der Waals surface area contributed by atoms with Gasteiger partial charge in [0.1, 0.15) is 0 Å². The van der Waals surface area contributed by atoms with E-state index in [0.29, 0.717) is 13.2 Å². The summed E-state index contributed by atoms with van der Waals surface area (Å²) in [6, 6.07) is 0. The first-order chi connectivity index (χ1) is 2.91. The van der Waals surface area contributed by atoms with Crippen LogP contribution < -0.4 is 0 Å². The SMILES string of the molecule is [B]OCCO[B]. The maximum Gasteiger partial charge on any atom is 0.282 e. The summed E-state index contributed by atoms with van der Waals surface area (Å²) in [7, 11) is 9.16. The molecule has 0 aliphatic rings. The number of rotatable bonds is 3. The minimum absolute atomic E-state index is 0.344. The topological polar surface area (TPSA) is 18.5 Å². The number of hydrogen-bond donors (Lipinski definition) is 0. The van der Waals surface area contributed by atoms with E-state index in [-0.39, 0.29) is 0 Å². The Hall–Kier alpha value is 0.0499. The van der Waals surface area contributed by atoms with Gasteiger partial charge in [0.05, 0.1) is 0 Å². The van der Waals surface area contributed by atoms with Gasteiger partial charge in [-0.15, -0.1) is 0 Å². The van der Waals surface area contributed by atoms with Crippen LogP contribution in [0.2, 0.25) is 0 Å². The normalized spacial score (nSPS) is 8.67. The van der Waals surface area contributed by atoms with Crippen LogP contribution in [0.3, 0.4) is 0 Å². The highest BCUT2D eigenvalue weighted by Crippen LogP contribution is 1.63. The minimum atomic E-state index is 0.344. The first-order valence-electron chi connectivity index (χ1n) is 1.55. The van der Waals surface area contributed by atoms with Gasteiger partial charge in [0.15, 0.2) is 0 Å². The molecule has 0 aliphatic carbocycles. The van der Waals surface area contributed by atoms with Crippen molar-refractivity contribution in [3.8, 4) is 0 Å². The lowest BCUT2D eigenvalue weighted by atomic mass is 10.5. The smallest absolute Gasteiger partial charge is 0.282 e. The third-order valence-electron chi connectivity index (χ3n) is 0.319. The molecule has 2 nitrogen and oxygen atoms in total. The molecule has 0 aliphatic heterocycles. The fourth-order valence-corrected chi connectivity index (χ4v) is 0.0962. The fourth-order valence-electron chi connectivity index (χ4n) is 0.0962. The molecule has 30 valence electrons. The van der Waals surface area contributed by atoms with Crippen LogP contribution in [0.4, 0.5) is 0 Å². The van der Waals surface area contributed by atoms with Crippen LogP contribution >= 0.6 is 0 Å². The molecule has 0 heterocycles. The summed E-state index contributed by atoms with van der Waals surface area (Å²) in [5.74, 6) is 0. The Morgan fingerprint density at radius 2 is 1.33 bits per heavy atom. The minimum Gasteiger partial charge on any atom is -0.445 e. The predicted octanol–water partition coefficient (Wildman–Crippen LogP) is -0.813. The Morgan fingerprint density at radius 1 is 1.00 bits per heavy atom. The molecule has 4 radical (unpaired) electrons. The molecular weight excluding hydrogens is 77.6 g/mol. The van der Waals surface area contributed by atoms with Gasteiger partial charge in [-0.1, -0.05) is 0 Å². The summed E-state index contributed by atoms with van der Waals surface area (Å²) in [5.41, 5.74) is 0. The number of hydrogen-bond acceptors (Lipinski definition) is 2. The van der Waals surface area contributed by atoms with Crippen LogP contribution in [0.5, 0.6) is 0 Å². The van der Waals surface area contributed by atoms with Crippen molar-refractivity contribution in [2.75, 3.05) is 13.2 Å². The molecule has 0 aromatic rings. The average molecular weight is 81.7 g/mol. The van der Waals surface area contributed by atoms with E-state index in [0.717, 1.165) is 0 Å². The first kappa shape index (κ1) is 6.05. The van der Waals surface area contributed by atoms with Gasteiger partial charge in [-0.05, 0) is 0 Å². The molecule has 0 unspecified atom stereocenters. The predicted molar refractivity (Wildman–Crippen MR) is 23.4 cm³/mol. The van der Waals surface area contributed by atoms with E-state index in [1.807, 2.05) is 0 Å². The molecule has 0 aromatic heterocycles. The first-order valence-corrected chi connectivity index (χ1v) is 1.55. The molecule has 0 saturated carbocycles.